The van der Waals surface area contributed by atoms with E-state index in [1.807, 2.05) is 60.7 Å². The van der Waals surface area contributed by atoms with E-state index in [2.05, 4.69) is 83.1 Å². The number of fused-ring (bicyclic) bond motifs is 1. The summed E-state index contributed by atoms with van der Waals surface area (Å²) in [7, 11) is -2.15. The number of halogens is 1. The highest BCUT2D eigenvalue weighted by Crippen LogP contribution is 2.33. The van der Waals surface area contributed by atoms with Gasteiger partial charge in [0.25, 0.3) is 15.7 Å². The van der Waals surface area contributed by atoms with E-state index in [9.17, 15) is 18.5 Å². The zero-order valence-electron chi connectivity index (χ0n) is 34.6. The Kier molecular flexibility index (Phi) is 13.9. The molecule has 3 heterocycles. The van der Waals surface area contributed by atoms with Gasteiger partial charge in [-0.2, -0.15) is 0 Å². The van der Waals surface area contributed by atoms with Crippen LogP contribution < -0.4 is 14.9 Å². The first-order chi connectivity index (χ1) is 30.1. The number of nitro benzene ring substituents is 1. The number of anilines is 3. The number of hydrogen-bond donors (Lipinski definition) is 2. The second-order valence-electron chi connectivity index (χ2n) is 15.8. The SMILES string of the molecule is CN1CCN(CCC(CSc2ccccc2)Nc2ccc(S(=O)(=O)Nc3ncnc4cc(N5CCN(Cc6ccccc6-c6ccc(Cl)cc6)CC5)ccc34)cc2[N+](=O)[O-])CC1. The fourth-order valence-electron chi connectivity index (χ4n) is 7.98. The number of rotatable bonds is 16. The molecular formula is C46H50ClN9O4S2. The quantitative estimate of drug-likeness (QED) is 0.0550. The van der Waals surface area contributed by atoms with Crippen molar-refractivity contribution in [1.29, 1.82) is 0 Å². The number of nitrogens with one attached hydrogen (secondary N) is 2. The highest BCUT2D eigenvalue weighted by molar-refractivity contribution is 7.99. The number of piperazine rings is 2. The summed E-state index contributed by atoms with van der Waals surface area (Å²) in [6.07, 6.45) is 2.09. The third-order valence-electron chi connectivity index (χ3n) is 11.6. The average Bonchev–Trinajstić information content (AvgIpc) is 3.29. The minimum atomic E-state index is -4.28. The molecule has 13 nitrogen and oxygen atoms in total. The third-order valence-corrected chi connectivity index (χ3v) is 14.3. The van der Waals surface area contributed by atoms with Crippen LogP contribution in [0.5, 0.6) is 0 Å². The van der Waals surface area contributed by atoms with E-state index in [0.29, 0.717) is 21.7 Å². The molecule has 1 aromatic heterocycles. The van der Waals surface area contributed by atoms with Gasteiger partial charge in [0.05, 0.1) is 15.3 Å². The molecule has 0 saturated carbocycles. The number of nitro groups is 1. The van der Waals surface area contributed by atoms with E-state index in [1.54, 1.807) is 11.8 Å². The second kappa shape index (κ2) is 19.8. The maximum atomic E-state index is 13.9. The van der Waals surface area contributed by atoms with Crippen LogP contribution in [0.4, 0.5) is 22.9 Å². The third kappa shape index (κ3) is 10.8. The molecule has 8 rings (SSSR count). The van der Waals surface area contributed by atoms with Gasteiger partial charge in [-0.25, -0.2) is 18.4 Å². The maximum Gasteiger partial charge on any atom is 0.293 e. The Morgan fingerprint density at radius 1 is 0.823 bits per heavy atom. The van der Waals surface area contributed by atoms with Gasteiger partial charge in [-0.3, -0.25) is 19.7 Å². The Labute approximate surface area is 372 Å². The van der Waals surface area contributed by atoms with Crippen LogP contribution in [0.25, 0.3) is 22.0 Å². The second-order valence-corrected chi connectivity index (χ2v) is 19.0. The standard InChI is InChI=1S/C46H50ClN9O4S2/c1-52-21-23-53(24-22-52)20-19-37(32-61-39-8-3-2-4-9-39)50-43-18-16-40(30-45(43)56(57)58)62(59,60)51-46-42-17-15-38(29-44(42)48-33-49-46)55-27-25-54(26-28-55)31-35-7-5-6-10-41(35)34-11-13-36(47)14-12-34/h2-18,29-30,33,37,50H,19-28,31-32H2,1H3,(H,48,49,51). The Hall–Kier alpha value is -5.29. The first-order valence-corrected chi connectivity index (χ1v) is 23.6. The molecule has 2 saturated heterocycles. The zero-order chi connectivity index (χ0) is 43.1. The lowest BCUT2D eigenvalue weighted by atomic mass is 9.99. The Balaban J connectivity index is 0.932. The topological polar surface area (TPSA) is 140 Å². The summed E-state index contributed by atoms with van der Waals surface area (Å²) in [5.41, 5.74) is 5.12. The van der Waals surface area contributed by atoms with Gasteiger partial charge in [0, 0.05) is 104 Å². The van der Waals surface area contributed by atoms with E-state index in [1.165, 1.54) is 29.6 Å². The molecule has 0 spiro atoms. The smallest absolute Gasteiger partial charge is 0.293 e. The zero-order valence-corrected chi connectivity index (χ0v) is 37.0. The minimum absolute atomic E-state index is 0.0949. The number of benzene rings is 5. The molecule has 2 aliphatic rings. The fraction of sp³-hybridized carbons (Fsp3) is 0.304. The summed E-state index contributed by atoms with van der Waals surface area (Å²) < 4.78 is 30.3. The van der Waals surface area contributed by atoms with E-state index >= 15 is 0 Å². The van der Waals surface area contributed by atoms with Crippen molar-refractivity contribution in [2.45, 2.75) is 28.8 Å². The average molecular weight is 893 g/mol. The van der Waals surface area contributed by atoms with Gasteiger partial charge < -0.3 is 20.0 Å². The lowest BCUT2D eigenvalue weighted by Crippen LogP contribution is -2.46. The highest BCUT2D eigenvalue weighted by Gasteiger charge is 2.26. The van der Waals surface area contributed by atoms with E-state index < -0.39 is 14.9 Å². The monoisotopic (exact) mass is 891 g/mol. The molecule has 322 valence electrons. The van der Waals surface area contributed by atoms with E-state index in [-0.39, 0.29) is 28.1 Å². The number of thioether (sulfide) groups is 1. The Morgan fingerprint density at radius 2 is 1.55 bits per heavy atom. The summed E-state index contributed by atoms with van der Waals surface area (Å²) in [5.74, 6) is 0.772. The van der Waals surface area contributed by atoms with Gasteiger partial charge >= 0.3 is 0 Å². The normalized spacial score (nSPS) is 16.0. The number of sulfonamides is 1. The van der Waals surface area contributed by atoms with Crippen molar-refractivity contribution in [3.63, 3.8) is 0 Å². The molecule has 6 aromatic rings. The number of nitrogens with zero attached hydrogens (tertiary/aromatic N) is 7. The van der Waals surface area contributed by atoms with Gasteiger partial charge in [-0.1, -0.05) is 66.2 Å². The molecule has 1 atom stereocenters. The summed E-state index contributed by atoms with van der Waals surface area (Å²) in [4.78, 5) is 31.1. The molecule has 2 aliphatic heterocycles. The van der Waals surface area contributed by atoms with Crippen LogP contribution in [0.3, 0.4) is 0 Å². The van der Waals surface area contributed by atoms with E-state index in [0.717, 1.165) is 94.1 Å². The van der Waals surface area contributed by atoms with Gasteiger partial charge in [0.2, 0.25) is 0 Å². The maximum absolute atomic E-state index is 13.9. The summed E-state index contributed by atoms with van der Waals surface area (Å²) in [6.45, 7) is 8.97. The first kappa shape index (κ1) is 43.4. The molecule has 0 amide bonds. The molecule has 2 N–H and O–H groups in total. The molecule has 0 radical (unpaired) electrons. The molecule has 5 aromatic carbocycles. The van der Waals surface area contributed by atoms with Crippen LogP contribution in [-0.2, 0) is 16.6 Å². The van der Waals surface area contributed by atoms with Crippen LogP contribution in [0.2, 0.25) is 5.02 Å². The largest absolute Gasteiger partial charge is 0.376 e. The molecule has 0 bridgehead atoms. The number of likely N-dealkylation sites (N-methyl/N-ethyl adjacent to an activating group) is 1. The van der Waals surface area contributed by atoms with Crippen molar-refractivity contribution < 1.29 is 13.3 Å². The van der Waals surface area contributed by atoms with Crippen LogP contribution in [-0.4, -0.2) is 116 Å². The van der Waals surface area contributed by atoms with Crippen molar-refractivity contribution in [3.05, 3.63) is 142 Å². The van der Waals surface area contributed by atoms with Crippen molar-refractivity contribution in [2.75, 3.05) is 86.6 Å². The van der Waals surface area contributed by atoms with Crippen molar-refractivity contribution >= 4 is 67.2 Å². The number of aromatic nitrogens is 2. The molecule has 62 heavy (non-hydrogen) atoms. The van der Waals surface area contributed by atoms with Gasteiger partial charge in [0.1, 0.15) is 12.0 Å². The molecule has 2 fully saturated rings. The van der Waals surface area contributed by atoms with Gasteiger partial charge in [-0.15, -0.1) is 11.8 Å². The molecule has 0 aliphatic carbocycles. The lowest BCUT2D eigenvalue weighted by molar-refractivity contribution is -0.384. The summed E-state index contributed by atoms with van der Waals surface area (Å²) >= 11 is 7.83. The number of hydrogen-bond acceptors (Lipinski definition) is 12. The molecule has 1 unspecified atom stereocenters. The molecular weight excluding hydrogens is 842 g/mol. The van der Waals surface area contributed by atoms with E-state index in [4.69, 9.17) is 11.6 Å². The lowest BCUT2D eigenvalue weighted by Gasteiger charge is -2.36. The predicted octanol–water partition coefficient (Wildman–Crippen LogP) is 8.19. The highest BCUT2D eigenvalue weighted by atomic mass is 35.5. The predicted molar refractivity (Wildman–Crippen MR) is 251 cm³/mol. The first-order valence-electron chi connectivity index (χ1n) is 20.8. The minimum Gasteiger partial charge on any atom is -0.376 e. The van der Waals surface area contributed by atoms with Gasteiger partial charge in [0.15, 0.2) is 5.82 Å². The Morgan fingerprint density at radius 3 is 2.31 bits per heavy atom. The van der Waals surface area contributed by atoms with Crippen LogP contribution in [0.1, 0.15) is 12.0 Å². The van der Waals surface area contributed by atoms with Crippen LogP contribution >= 0.6 is 23.4 Å². The van der Waals surface area contributed by atoms with Gasteiger partial charge in [-0.05, 0) is 84.8 Å². The van der Waals surface area contributed by atoms with Crippen LogP contribution in [0, 0.1) is 10.1 Å². The Bertz CT molecular complexity index is 2590. The van der Waals surface area contributed by atoms with Crippen molar-refractivity contribution in [2.24, 2.45) is 0 Å². The molecule has 16 heteroatoms. The van der Waals surface area contributed by atoms with Crippen molar-refractivity contribution in [1.82, 2.24) is 24.7 Å². The fourth-order valence-corrected chi connectivity index (χ4v) is 10.1. The van der Waals surface area contributed by atoms with Crippen LogP contribution in [0.15, 0.2) is 131 Å². The summed E-state index contributed by atoms with van der Waals surface area (Å²) in [5, 5.41) is 17.1. The summed E-state index contributed by atoms with van der Waals surface area (Å²) in [6, 6.07) is 36.1. The van der Waals surface area contributed by atoms with Crippen molar-refractivity contribution in [3.8, 4) is 11.1 Å².